The van der Waals surface area contributed by atoms with E-state index in [1.165, 1.54) is 6.21 Å². The predicted molar refractivity (Wildman–Crippen MR) is 125 cm³/mol. The van der Waals surface area contributed by atoms with Crippen LogP contribution in [-0.2, 0) is 0 Å². The van der Waals surface area contributed by atoms with Crippen molar-refractivity contribution in [3.8, 4) is 0 Å². The molecule has 3 N–H and O–H groups in total. The van der Waals surface area contributed by atoms with Crippen LogP contribution in [0.1, 0.15) is 44.2 Å². The maximum Gasteiger partial charge on any atom is 0.137 e. The van der Waals surface area contributed by atoms with E-state index in [1.807, 2.05) is 24.1 Å². The Hall–Kier alpha value is -2.53. The van der Waals surface area contributed by atoms with Crippen molar-refractivity contribution in [2.75, 3.05) is 19.3 Å². The minimum absolute atomic E-state index is 0.582. The van der Waals surface area contributed by atoms with Gasteiger partial charge in [0.1, 0.15) is 5.84 Å². The van der Waals surface area contributed by atoms with Gasteiger partial charge in [0.25, 0.3) is 0 Å². The molecule has 1 aliphatic rings. The molecule has 1 aromatic rings. The van der Waals surface area contributed by atoms with Gasteiger partial charge < -0.3 is 16.0 Å². The van der Waals surface area contributed by atoms with Gasteiger partial charge in [0, 0.05) is 35.0 Å². The topological polar surface area (TPSA) is 65.5 Å². The normalized spacial score (nSPS) is 15.6. The number of hydrogen-bond donors (Lipinski definition) is 3. The molecule has 0 radical (unpaired) electrons. The summed E-state index contributed by atoms with van der Waals surface area (Å²) in [4.78, 5) is 7.85. The second kappa shape index (κ2) is 10.7. The number of amidine groups is 1. The summed E-state index contributed by atoms with van der Waals surface area (Å²) in [5.41, 5.74) is 10.1. The third-order valence-electron chi connectivity index (χ3n) is 4.60. The number of anilines is 1. The summed E-state index contributed by atoms with van der Waals surface area (Å²) in [7, 11) is 1.98. The van der Waals surface area contributed by atoms with Gasteiger partial charge in [-0.15, -0.1) is 12.6 Å². The second-order valence-corrected chi connectivity index (χ2v) is 7.36. The highest BCUT2D eigenvalue weighted by Crippen LogP contribution is 2.28. The molecule has 0 spiro atoms. The van der Waals surface area contributed by atoms with E-state index in [0.717, 1.165) is 46.8 Å². The zero-order valence-corrected chi connectivity index (χ0v) is 17.8. The lowest BCUT2D eigenvalue weighted by Gasteiger charge is -2.28. The summed E-state index contributed by atoms with van der Waals surface area (Å²) in [5.74, 6) is 0.807. The number of rotatable bonds is 8. The predicted octanol–water partition coefficient (Wildman–Crippen LogP) is 5.35. The molecule has 28 heavy (non-hydrogen) atoms. The number of aliphatic imine (C=N–C) groups is 1. The van der Waals surface area contributed by atoms with Gasteiger partial charge in [0.05, 0.1) is 12.2 Å². The van der Waals surface area contributed by atoms with Gasteiger partial charge in [0.2, 0.25) is 0 Å². The number of nitrogen functional groups attached to an aromatic ring is 1. The highest BCUT2D eigenvalue weighted by atomic mass is 32.1. The first kappa shape index (κ1) is 21.8. The number of likely N-dealkylation sites (N-methyl/N-ethyl adjacent to an activating group) is 1. The van der Waals surface area contributed by atoms with Crippen LogP contribution in [-0.4, -0.2) is 30.5 Å². The molecule has 0 aliphatic carbocycles. The zero-order chi connectivity index (χ0) is 20.5. The molecule has 0 saturated heterocycles. The van der Waals surface area contributed by atoms with Crippen LogP contribution in [0, 0.1) is 5.41 Å². The molecule has 0 saturated carbocycles. The first-order valence-electron chi connectivity index (χ1n) is 9.55. The number of thiol groups is 1. The van der Waals surface area contributed by atoms with Crippen LogP contribution in [0.3, 0.4) is 0 Å². The Morgan fingerprint density at radius 3 is 2.79 bits per heavy atom. The Morgan fingerprint density at radius 2 is 2.07 bits per heavy atom. The molecule has 0 unspecified atom stereocenters. The van der Waals surface area contributed by atoms with E-state index < -0.39 is 0 Å². The number of nitrogens with zero attached hydrogens (tertiary/aromatic N) is 2. The number of unbranched alkanes of at least 4 members (excludes halogenated alkanes) is 2. The third kappa shape index (κ3) is 5.49. The largest absolute Gasteiger partial charge is 0.398 e. The van der Waals surface area contributed by atoms with Crippen LogP contribution in [0.4, 0.5) is 5.69 Å². The lowest BCUT2D eigenvalue weighted by Crippen LogP contribution is -2.33. The van der Waals surface area contributed by atoms with Crippen molar-refractivity contribution >= 4 is 30.4 Å². The van der Waals surface area contributed by atoms with Crippen LogP contribution in [0.15, 0.2) is 69.7 Å². The third-order valence-corrected chi connectivity index (χ3v) is 4.95. The van der Waals surface area contributed by atoms with Crippen LogP contribution >= 0.6 is 12.6 Å². The van der Waals surface area contributed by atoms with Crippen molar-refractivity contribution < 1.29 is 0 Å². The molecular formula is C23H30N4S. The molecule has 4 nitrogen and oxygen atoms in total. The summed E-state index contributed by atoms with van der Waals surface area (Å²) in [5, 5.41) is 7.73. The van der Waals surface area contributed by atoms with E-state index >= 15 is 0 Å². The van der Waals surface area contributed by atoms with Gasteiger partial charge >= 0.3 is 0 Å². The zero-order valence-electron chi connectivity index (χ0n) is 16.9. The fourth-order valence-corrected chi connectivity index (χ4v) is 3.50. The van der Waals surface area contributed by atoms with Gasteiger partial charge in [-0.05, 0) is 44.7 Å². The molecule has 1 aromatic carbocycles. The summed E-state index contributed by atoms with van der Waals surface area (Å²) < 4.78 is 0. The van der Waals surface area contributed by atoms with Crippen LogP contribution in [0.5, 0.6) is 0 Å². The smallest absolute Gasteiger partial charge is 0.137 e. The molecule has 1 heterocycles. The van der Waals surface area contributed by atoms with Crippen LogP contribution in [0.25, 0.3) is 0 Å². The molecule has 0 fully saturated rings. The Kier molecular flexibility index (Phi) is 8.33. The van der Waals surface area contributed by atoms with Crippen molar-refractivity contribution in [3.63, 3.8) is 0 Å². The van der Waals surface area contributed by atoms with Crippen molar-refractivity contribution in [1.29, 1.82) is 5.41 Å². The Bertz CT molecular complexity index is 859. The van der Waals surface area contributed by atoms with Gasteiger partial charge in [-0.1, -0.05) is 42.5 Å². The Balaban J connectivity index is 2.26. The Labute approximate surface area is 174 Å². The first-order valence-corrected chi connectivity index (χ1v) is 10.0. The quantitative estimate of drug-likeness (QED) is 0.139. The number of benzene rings is 1. The monoisotopic (exact) mass is 394 g/mol. The molecule has 5 heteroatoms. The van der Waals surface area contributed by atoms with Crippen LogP contribution < -0.4 is 5.73 Å². The van der Waals surface area contributed by atoms with Gasteiger partial charge in [-0.2, -0.15) is 0 Å². The summed E-state index contributed by atoms with van der Waals surface area (Å²) in [6.07, 6.45) is 15.3. The minimum Gasteiger partial charge on any atom is -0.398 e. The van der Waals surface area contributed by atoms with Gasteiger partial charge in [-0.3, -0.25) is 0 Å². The molecule has 0 bridgehead atoms. The fraction of sp³-hybridized carbons (Fsp3) is 0.304. The summed E-state index contributed by atoms with van der Waals surface area (Å²) in [6.45, 7) is 4.77. The summed E-state index contributed by atoms with van der Waals surface area (Å²) >= 11 is 4.67. The second-order valence-electron chi connectivity index (χ2n) is 6.82. The SMILES string of the molecule is C/C=C\CCC/C=C/C=C(\C)C1=C(S)CN(C)C(c2cccc(N)c2C=N)=N1. The lowest BCUT2D eigenvalue weighted by atomic mass is 10.0. The summed E-state index contributed by atoms with van der Waals surface area (Å²) in [6, 6.07) is 5.66. The average molecular weight is 395 g/mol. The highest BCUT2D eigenvalue weighted by Gasteiger charge is 2.21. The first-order chi connectivity index (χ1) is 13.5. The minimum atomic E-state index is 0.582. The maximum absolute atomic E-state index is 7.73. The molecule has 148 valence electrons. The molecule has 1 aliphatic heterocycles. The molecule has 0 atom stereocenters. The van der Waals surface area contributed by atoms with Crippen molar-refractivity contribution in [1.82, 2.24) is 4.90 Å². The maximum atomic E-state index is 7.73. The van der Waals surface area contributed by atoms with Gasteiger partial charge in [0.15, 0.2) is 0 Å². The average Bonchev–Trinajstić information content (AvgIpc) is 2.67. The van der Waals surface area contributed by atoms with E-state index in [1.54, 1.807) is 6.07 Å². The number of hydrogen-bond acceptors (Lipinski definition) is 5. The van der Waals surface area contributed by atoms with E-state index in [9.17, 15) is 0 Å². The number of nitrogens with two attached hydrogens (primary N) is 1. The Morgan fingerprint density at radius 1 is 1.32 bits per heavy atom. The highest BCUT2D eigenvalue weighted by molar-refractivity contribution is 7.84. The van der Waals surface area contributed by atoms with Crippen molar-refractivity contribution in [3.05, 3.63) is 75.9 Å². The molecular weight excluding hydrogens is 364 g/mol. The van der Waals surface area contributed by atoms with E-state index in [4.69, 9.17) is 16.1 Å². The van der Waals surface area contributed by atoms with Crippen LogP contribution in [0.2, 0.25) is 0 Å². The standard InChI is InChI=1S/C23H30N4S/c1-4-5-6-7-8-9-10-12-17(2)22-21(28)16-27(3)23(26-22)18-13-11-14-20(25)19(18)15-24/h4-5,9-15,24,28H,6-8,16,25H2,1-3H3/b5-4-,10-9+,17-12+,24-15?. The van der Waals surface area contributed by atoms with E-state index in [0.29, 0.717) is 17.8 Å². The fourth-order valence-electron chi connectivity index (χ4n) is 3.06. The lowest BCUT2D eigenvalue weighted by molar-refractivity contribution is 0.549. The van der Waals surface area contributed by atoms with Gasteiger partial charge in [-0.25, -0.2) is 4.99 Å². The number of allylic oxidation sites excluding steroid dienone is 6. The molecule has 2 rings (SSSR count). The van der Waals surface area contributed by atoms with Crippen molar-refractivity contribution in [2.24, 2.45) is 4.99 Å². The van der Waals surface area contributed by atoms with E-state index in [-0.39, 0.29) is 0 Å². The van der Waals surface area contributed by atoms with E-state index in [2.05, 4.69) is 56.9 Å². The molecule has 0 aromatic heterocycles. The van der Waals surface area contributed by atoms with Crippen molar-refractivity contribution in [2.45, 2.75) is 33.1 Å². The number of nitrogens with one attached hydrogen (secondary N) is 1. The molecule has 0 amide bonds.